The van der Waals surface area contributed by atoms with Gasteiger partial charge in [-0.15, -0.1) is 0 Å². The molecule has 0 bridgehead atoms. The van der Waals surface area contributed by atoms with Crippen LogP contribution in [0, 0.1) is 0 Å². The lowest BCUT2D eigenvalue weighted by atomic mass is 10.2. The fourth-order valence-electron chi connectivity index (χ4n) is 1.51. The second-order valence-electron chi connectivity index (χ2n) is 4.28. The van der Waals surface area contributed by atoms with Crippen LogP contribution in [0.15, 0.2) is 24.4 Å². The van der Waals surface area contributed by atoms with E-state index in [1.54, 1.807) is 0 Å². The lowest BCUT2D eigenvalue weighted by Gasteiger charge is -2.08. The van der Waals surface area contributed by atoms with Crippen molar-refractivity contribution in [1.82, 2.24) is 15.6 Å². The van der Waals surface area contributed by atoms with Crippen LogP contribution in [0.5, 0.6) is 0 Å². The monoisotopic (exact) mass is 221 g/mol. The third-order valence-corrected chi connectivity index (χ3v) is 2.37. The Hall–Kier alpha value is -0.930. The van der Waals surface area contributed by atoms with Gasteiger partial charge in [-0.25, -0.2) is 0 Å². The Morgan fingerprint density at radius 2 is 2.06 bits per heavy atom. The summed E-state index contributed by atoms with van der Waals surface area (Å²) in [6.07, 6.45) is 4.07. The molecule has 1 aromatic rings. The Kier molecular flexibility index (Phi) is 6.77. The van der Waals surface area contributed by atoms with Gasteiger partial charge in [-0.2, -0.15) is 0 Å². The SMILES string of the molecule is CC(C)NCCNCCCc1ccccn1. The maximum Gasteiger partial charge on any atom is 0.0404 e. The molecule has 0 amide bonds. The zero-order valence-electron chi connectivity index (χ0n) is 10.4. The Balaban J connectivity index is 1.93. The van der Waals surface area contributed by atoms with Crippen LogP contribution in [-0.2, 0) is 6.42 Å². The van der Waals surface area contributed by atoms with Crippen molar-refractivity contribution in [2.24, 2.45) is 0 Å². The molecule has 0 saturated heterocycles. The van der Waals surface area contributed by atoms with E-state index < -0.39 is 0 Å². The zero-order valence-corrected chi connectivity index (χ0v) is 10.4. The average Bonchev–Trinajstić information content (AvgIpc) is 2.29. The summed E-state index contributed by atoms with van der Waals surface area (Å²) in [7, 11) is 0. The first-order valence-corrected chi connectivity index (χ1v) is 6.13. The molecule has 0 fully saturated rings. The lowest BCUT2D eigenvalue weighted by molar-refractivity contribution is 0.549. The van der Waals surface area contributed by atoms with Gasteiger partial charge >= 0.3 is 0 Å². The van der Waals surface area contributed by atoms with Crippen molar-refractivity contribution >= 4 is 0 Å². The average molecular weight is 221 g/mol. The van der Waals surface area contributed by atoms with Crippen LogP contribution in [0.1, 0.15) is 26.0 Å². The van der Waals surface area contributed by atoms with Crippen molar-refractivity contribution in [1.29, 1.82) is 0 Å². The molecule has 3 heteroatoms. The predicted octanol–water partition coefficient (Wildman–Crippen LogP) is 1.60. The standard InChI is InChI=1S/C13H23N3/c1-12(2)15-11-10-14-8-5-7-13-6-3-4-9-16-13/h3-4,6,9,12,14-15H,5,7-8,10-11H2,1-2H3. The fraction of sp³-hybridized carbons (Fsp3) is 0.615. The quantitative estimate of drug-likeness (QED) is 0.655. The molecule has 0 aliphatic carbocycles. The van der Waals surface area contributed by atoms with E-state index in [1.807, 2.05) is 18.3 Å². The number of hydrogen-bond acceptors (Lipinski definition) is 3. The van der Waals surface area contributed by atoms with Crippen LogP contribution in [0.2, 0.25) is 0 Å². The summed E-state index contributed by atoms with van der Waals surface area (Å²) in [6, 6.07) is 6.66. The normalized spacial score (nSPS) is 10.9. The van der Waals surface area contributed by atoms with Gasteiger partial charge in [-0.3, -0.25) is 4.98 Å². The van der Waals surface area contributed by atoms with Gasteiger partial charge in [-0.1, -0.05) is 19.9 Å². The molecule has 16 heavy (non-hydrogen) atoms. The van der Waals surface area contributed by atoms with Crippen molar-refractivity contribution in [3.8, 4) is 0 Å². The zero-order chi connectivity index (χ0) is 11.6. The third-order valence-electron chi connectivity index (χ3n) is 2.37. The molecular weight excluding hydrogens is 198 g/mol. The molecule has 2 N–H and O–H groups in total. The van der Waals surface area contributed by atoms with E-state index in [0.717, 1.165) is 32.5 Å². The van der Waals surface area contributed by atoms with Crippen LogP contribution < -0.4 is 10.6 Å². The highest BCUT2D eigenvalue weighted by Gasteiger charge is 1.94. The molecule has 1 rings (SSSR count). The van der Waals surface area contributed by atoms with Gasteiger partial charge in [0.15, 0.2) is 0 Å². The summed E-state index contributed by atoms with van der Waals surface area (Å²) in [6.45, 7) is 7.49. The maximum atomic E-state index is 4.30. The van der Waals surface area contributed by atoms with Gasteiger partial charge in [-0.05, 0) is 31.5 Å². The van der Waals surface area contributed by atoms with E-state index in [-0.39, 0.29) is 0 Å². The molecule has 0 aromatic carbocycles. The maximum absolute atomic E-state index is 4.30. The summed E-state index contributed by atoms with van der Waals surface area (Å²) in [5.74, 6) is 0. The highest BCUT2D eigenvalue weighted by atomic mass is 14.9. The molecule has 0 atom stereocenters. The minimum absolute atomic E-state index is 0.579. The molecule has 0 spiro atoms. The first-order chi connectivity index (χ1) is 7.79. The molecule has 0 aliphatic rings. The second kappa shape index (κ2) is 8.25. The minimum atomic E-state index is 0.579. The molecule has 0 aliphatic heterocycles. The van der Waals surface area contributed by atoms with Crippen molar-refractivity contribution in [2.45, 2.75) is 32.7 Å². The van der Waals surface area contributed by atoms with Gasteiger partial charge < -0.3 is 10.6 Å². The topological polar surface area (TPSA) is 37.0 Å². The van der Waals surface area contributed by atoms with E-state index >= 15 is 0 Å². The van der Waals surface area contributed by atoms with Crippen molar-refractivity contribution in [2.75, 3.05) is 19.6 Å². The van der Waals surface area contributed by atoms with Gasteiger partial charge in [0.05, 0.1) is 0 Å². The molecule has 3 nitrogen and oxygen atoms in total. The van der Waals surface area contributed by atoms with Crippen molar-refractivity contribution < 1.29 is 0 Å². The van der Waals surface area contributed by atoms with Crippen LogP contribution >= 0.6 is 0 Å². The number of rotatable bonds is 8. The highest BCUT2D eigenvalue weighted by molar-refractivity contribution is 5.03. The second-order valence-corrected chi connectivity index (χ2v) is 4.28. The summed E-state index contributed by atoms with van der Waals surface area (Å²) in [5, 5.41) is 6.80. The van der Waals surface area contributed by atoms with E-state index in [0.29, 0.717) is 6.04 Å². The molecule has 0 saturated carbocycles. The number of nitrogens with one attached hydrogen (secondary N) is 2. The number of nitrogens with zero attached hydrogens (tertiary/aromatic N) is 1. The van der Waals surface area contributed by atoms with Gasteiger partial charge in [0.25, 0.3) is 0 Å². The summed E-state index contributed by atoms with van der Waals surface area (Å²) < 4.78 is 0. The van der Waals surface area contributed by atoms with E-state index in [4.69, 9.17) is 0 Å². The van der Waals surface area contributed by atoms with Gasteiger partial charge in [0.2, 0.25) is 0 Å². The summed E-state index contributed by atoms with van der Waals surface area (Å²) >= 11 is 0. The van der Waals surface area contributed by atoms with Crippen molar-refractivity contribution in [3.63, 3.8) is 0 Å². The Morgan fingerprint density at radius 1 is 1.19 bits per heavy atom. The first-order valence-electron chi connectivity index (χ1n) is 6.13. The number of aryl methyl sites for hydroxylation is 1. The minimum Gasteiger partial charge on any atom is -0.315 e. The van der Waals surface area contributed by atoms with Crippen LogP contribution in [0.25, 0.3) is 0 Å². The van der Waals surface area contributed by atoms with Crippen LogP contribution in [-0.4, -0.2) is 30.7 Å². The summed E-state index contributed by atoms with van der Waals surface area (Å²) in [4.78, 5) is 4.30. The Labute approximate surface area is 98.7 Å². The van der Waals surface area contributed by atoms with Crippen molar-refractivity contribution in [3.05, 3.63) is 30.1 Å². The highest BCUT2D eigenvalue weighted by Crippen LogP contribution is 1.96. The van der Waals surface area contributed by atoms with E-state index in [2.05, 4.69) is 35.5 Å². The molecule has 1 aromatic heterocycles. The third kappa shape index (κ3) is 6.53. The number of pyridine rings is 1. The van der Waals surface area contributed by atoms with Gasteiger partial charge in [0.1, 0.15) is 0 Å². The van der Waals surface area contributed by atoms with E-state index in [1.165, 1.54) is 5.69 Å². The largest absolute Gasteiger partial charge is 0.315 e. The Morgan fingerprint density at radius 3 is 2.75 bits per heavy atom. The predicted molar refractivity (Wildman–Crippen MR) is 68.6 cm³/mol. The van der Waals surface area contributed by atoms with Crippen LogP contribution in [0.3, 0.4) is 0 Å². The Bertz CT molecular complexity index is 259. The van der Waals surface area contributed by atoms with Crippen LogP contribution in [0.4, 0.5) is 0 Å². The molecule has 0 unspecified atom stereocenters. The molecule has 1 heterocycles. The number of aromatic nitrogens is 1. The molecule has 0 radical (unpaired) electrons. The van der Waals surface area contributed by atoms with Gasteiger partial charge in [0, 0.05) is 31.0 Å². The summed E-state index contributed by atoms with van der Waals surface area (Å²) in [5.41, 5.74) is 1.18. The number of hydrogen-bond donors (Lipinski definition) is 2. The first kappa shape index (κ1) is 13.1. The molecule has 90 valence electrons. The van der Waals surface area contributed by atoms with E-state index in [9.17, 15) is 0 Å². The smallest absolute Gasteiger partial charge is 0.0404 e. The fourth-order valence-corrected chi connectivity index (χ4v) is 1.51. The molecular formula is C13H23N3. The lowest BCUT2D eigenvalue weighted by Crippen LogP contribution is -2.32.